The molecule has 1 atom stereocenters. The highest BCUT2D eigenvalue weighted by Crippen LogP contribution is 2.23. The van der Waals surface area contributed by atoms with Gasteiger partial charge in [0.1, 0.15) is 0 Å². The number of aromatic nitrogens is 1. The van der Waals surface area contributed by atoms with Crippen LogP contribution >= 0.6 is 0 Å². The molecule has 0 saturated carbocycles. The lowest BCUT2D eigenvalue weighted by Gasteiger charge is -2.32. The first-order valence-electron chi connectivity index (χ1n) is 7.71. The smallest absolute Gasteiger partial charge is 0.303 e. The van der Waals surface area contributed by atoms with Crippen LogP contribution in [0.4, 0.5) is 0 Å². The van der Waals surface area contributed by atoms with Gasteiger partial charge in [-0.25, -0.2) is 0 Å². The number of fused-ring (bicyclic) bond motifs is 1. The van der Waals surface area contributed by atoms with Gasteiger partial charge in [0.25, 0.3) is 5.91 Å². The highest BCUT2D eigenvalue weighted by Gasteiger charge is 2.25. The average molecular weight is 300 g/mol. The summed E-state index contributed by atoms with van der Waals surface area (Å²) in [5.41, 5.74) is 1.65. The zero-order valence-electron chi connectivity index (χ0n) is 12.4. The number of aliphatic carboxylic acids is 1. The van der Waals surface area contributed by atoms with Crippen molar-refractivity contribution in [1.29, 1.82) is 0 Å². The zero-order valence-corrected chi connectivity index (χ0v) is 12.4. The van der Waals surface area contributed by atoms with Crippen LogP contribution in [0.5, 0.6) is 0 Å². The summed E-state index contributed by atoms with van der Waals surface area (Å²) < 4.78 is 0. The van der Waals surface area contributed by atoms with E-state index in [-0.39, 0.29) is 12.3 Å². The second-order valence-electron chi connectivity index (χ2n) is 5.97. The van der Waals surface area contributed by atoms with E-state index in [4.69, 9.17) is 5.11 Å². The Morgan fingerprint density at radius 3 is 3.00 bits per heavy atom. The van der Waals surface area contributed by atoms with E-state index < -0.39 is 5.97 Å². The predicted molar refractivity (Wildman–Crippen MR) is 83.8 cm³/mol. The Bertz CT molecular complexity index is 692. The predicted octanol–water partition coefficient (Wildman–Crippen LogP) is 2.88. The van der Waals surface area contributed by atoms with E-state index in [2.05, 4.69) is 4.98 Å². The van der Waals surface area contributed by atoms with Gasteiger partial charge in [0, 0.05) is 36.8 Å². The molecule has 3 rings (SSSR count). The molecule has 0 radical (unpaired) electrons. The van der Waals surface area contributed by atoms with Gasteiger partial charge in [-0.05, 0) is 48.8 Å². The van der Waals surface area contributed by atoms with Gasteiger partial charge in [0.2, 0.25) is 0 Å². The Labute approximate surface area is 128 Å². The Kier molecular flexibility index (Phi) is 4.13. The fourth-order valence-electron chi connectivity index (χ4n) is 3.18. The van der Waals surface area contributed by atoms with Crippen LogP contribution in [-0.2, 0) is 4.79 Å². The summed E-state index contributed by atoms with van der Waals surface area (Å²) in [4.78, 5) is 28.3. The number of carbonyl (C=O) groups is 2. The van der Waals surface area contributed by atoms with Crippen LogP contribution in [0.3, 0.4) is 0 Å². The van der Waals surface area contributed by atoms with Gasteiger partial charge in [-0.2, -0.15) is 0 Å². The SMILES string of the molecule is O=C(O)CCC1CCCN(C(=O)c2ccc3cc[nH]c3c2)C1. The molecule has 0 spiro atoms. The van der Waals surface area contributed by atoms with Gasteiger partial charge in [-0.1, -0.05) is 6.07 Å². The van der Waals surface area contributed by atoms with Gasteiger partial charge in [0.15, 0.2) is 0 Å². The van der Waals surface area contributed by atoms with Crippen LogP contribution in [0.2, 0.25) is 0 Å². The third-order valence-corrected chi connectivity index (χ3v) is 4.37. The minimum Gasteiger partial charge on any atom is -0.481 e. The summed E-state index contributed by atoms with van der Waals surface area (Å²) >= 11 is 0. The molecule has 22 heavy (non-hydrogen) atoms. The molecule has 0 bridgehead atoms. The van der Waals surface area contributed by atoms with Gasteiger partial charge < -0.3 is 15.0 Å². The first kappa shape index (κ1) is 14.6. The van der Waals surface area contributed by atoms with Crippen LogP contribution in [-0.4, -0.2) is 40.0 Å². The Hall–Kier alpha value is -2.30. The van der Waals surface area contributed by atoms with Crippen LogP contribution in [0.15, 0.2) is 30.5 Å². The number of likely N-dealkylation sites (tertiary alicyclic amines) is 1. The molecule has 1 fully saturated rings. The lowest BCUT2D eigenvalue weighted by atomic mass is 9.93. The average Bonchev–Trinajstić information content (AvgIpc) is 3.00. The van der Waals surface area contributed by atoms with Crippen molar-refractivity contribution in [3.63, 3.8) is 0 Å². The number of amides is 1. The van der Waals surface area contributed by atoms with Gasteiger partial charge in [0.05, 0.1) is 0 Å². The minimum absolute atomic E-state index is 0.0384. The summed E-state index contributed by atoms with van der Waals surface area (Å²) in [5.74, 6) is -0.430. The summed E-state index contributed by atoms with van der Waals surface area (Å²) in [6.07, 6.45) is 4.64. The topological polar surface area (TPSA) is 73.4 Å². The molecule has 116 valence electrons. The van der Waals surface area contributed by atoms with E-state index in [0.717, 1.165) is 30.3 Å². The molecule has 5 heteroatoms. The molecule has 2 aromatic rings. The number of nitrogens with zero attached hydrogens (tertiary/aromatic N) is 1. The molecule has 1 aromatic heterocycles. The van der Waals surface area contributed by atoms with Gasteiger partial charge in [-0.3, -0.25) is 9.59 Å². The molecular weight excluding hydrogens is 280 g/mol. The zero-order chi connectivity index (χ0) is 15.5. The number of rotatable bonds is 4. The van der Waals surface area contributed by atoms with Crippen molar-refractivity contribution in [3.8, 4) is 0 Å². The number of H-pyrrole nitrogens is 1. The molecule has 0 aliphatic carbocycles. The summed E-state index contributed by atoms with van der Waals surface area (Å²) in [7, 11) is 0. The number of benzene rings is 1. The van der Waals surface area contributed by atoms with Crippen molar-refractivity contribution in [2.24, 2.45) is 5.92 Å². The molecule has 1 amide bonds. The lowest BCUT2D eigenvalue weighted by Crippen LogP contribution is -2.40. The molecule has 5 nitrogen and oxygen atoms in total. The lowest BCUT2D eigenvalue weighted by molar-refractivity contribution is -0.137. The number of hydrogen-bond donors (Lipinski definition) is 2. The quantitative estimate of drug-likeness (QED) is 0.912. The van der Waals surface area contributed by atoms with Crippen molar-refractivity contribution in [3.05, 3.63) is 36.0 Å². The number of carbonyl (C=O) groups excluding carboxylic acids is 1. The molecular formula is C17H20N2O3. The second kappa shape index (κ2) is 6.22. The molecule has 2 N–H and O–H groups in total. The van der Waals surface area contributed by atoms with Crippen molar-refractivity contribution < 1.29 is 14.7 Å². The third kappa shape index (κ3) is 3.13. The second-order valence-corrected chi connectivity index (χ2v) is 5.97. The monoisotopic (exact) mass is 300 g/mol. The Morgan fingerprint density at radius 2 is 2.18 bits per heavy atom. The maximum atomic E-state index is 12.6. The maximum Gasteiger partial charge on any atom is 0.303 e. The van der Waals surface area contributed by atoms with Gasteiger partial charge >= 0.3 is 5.97 Å². The van der Waals surface area contributed by atoms with E-state index in [1.54, 1.807) is 0 Å². The number of hydrogen-bond acceptors (Lipinski definition) is 2. The molecule has 1 aliphatic rings. The molecule has 1 unspecified atom stereocenters. The molecule has 2 heterocycles. The standard InChI is InChI=1S/C17H20N2O3/c20-16(21)6-3-12-2-1-9-19(11-12)17(22)14-5-4-13-7-8-18-15(13)10-14/h4-5,7-8,10,12,18H,1-3,6,9,11H2,(H,20,21). The largest absolute Gasteiger partial charge is 0.481 e. The first-order chi connectivity index (χ1) is 10.6. The van der Waals surface area contributed by atoms with Crippen LogP contribution in [0.1, 0.15) is 36.0 Å². The van der Waals surface area contributed by atoms with E-state index in [9.17, 15) is 9.59 Å². The number of aromatic amines is 1. The molecule has 1 aromatic carbocycles. The maximum absolute atomic E-state index is 12.6. The summed E-state index contributed by atoms with van der Waals surface area (Å²) in [6, 6.07) is 7.68. The number of carboxylic acids is 1. The Morgan fingerprint density at radius 1 is 1.32 bits per heavy atom. The van der Waals surface area contributed by atoms with Crippen molar-refractivity contribution in [2.45, 2.75) is 25.7 Å². The Balaban J connectivity index is 1.69. The van der Waals surface area contributed by atoms with E-state index in [0.29, 0.717) is 24.4 Å². The highest BCUT2D eigenvalue weighted by molar-refractivity contribution is 5.98. The van der Waals surface area contributed by atoms with Crippen LogP contribution in [0.25, 0.3) is 10.9 Å². The summed E-state index contributed by atoms with van der Waals surface area (Å²) in [5, 5.41) is 9.89. The van der Waals surface area contributed by atoms with Crippen molar-refractivity contribution >= 4 is 22.8 Å². The van der Waals surface area contributed by atoms with E-state index >= 15 is 0 Å². The number of piperidine rings is 1. The minimum atomic E-state index is -0.763. The summed E-state index contributed by atoms with van der Waals surface area (Å²) in [6.45, 7) is 1.42. The van der Waals surface area contributed by atoms with E-state index in [1.165, 1.54) is 0 Å². The normalized spacial score (nSPS) is 18.5. The highest BCUT2D eigenvalue weighted by atomic mass is 16.4. The first-order valence-corrected chi connectivity index (χ1v) is 7.71. The molecule has 1 aliphatic heterocycles. The van der Waals surface area contributed by atoms with Crippen LogP contribution < -0.4 is 0 Å². The van der Waals surface area contributed by atoms with Crippen LogP contribution in [0, 0.1) is 5.92 Å². The molecule has 1 saturated heterocycles. The van der Waals surface area contributed by atoms with E-state index in [1.807, 2.05) is 35.4 Å². The van der Waals surface area contributed by atoms with Crippen molar-refractivity contribution in [2.75, 3.05) is 13.1 Å². The van der Waals surface area contributed by atoms with Gasteiger partial charge in [-0.15, -0.1) is 0 Å². The fourth-order valence-corrected chi connectivity index (χ4v) is 3.18. The number of carboxylic acid groups (broad SMARTS) is 1. The van der Waals surface area contributed by atoms with Crippen molar-refractivity contribution in [1.82, 2.24) is 9.88 Å². The third-order valence-electron chi connectivity index (χ3n) is 4.37. The number of nitrogens with one attached hydrogen (secondary N) is 1. The fraction of sp³-hybridized carbons (Fsp3) is 0.412.